The minimum atomic E-state index is -0.964. The molecule has 0 saturated heterocycles. The maximum Gasteiger partial charge on any atom is 0.332 e. The van der Waals surface area contributed by atoms with Crippen LogP contribution < -0.4 is 0 Å². The van der Waals surface area contributed by atoms with Gasteiger partial charge < -0.3 is 9.67 Å². The molecule has 0 aliphatic carbocycles. The standard InChI is InChI=1S/C12H10BrNO2/c1-8(12(15)16)6-14-7-10(13)9-4-2-3-5-11(9)14/h2-5,7H,1,6H2,(H,15,16). The van der Waals surface area contributed by atoms with Crippen molar-refractivity contribution < 1.29 is 9.90 Å². The van der Waals surface area contributed by atoms with E-state index in [9.17, 15) is 4.79 Å². The van der Waals surface area contributed by atoms with Gasteiger partial charge in [-0.3, -0.25) is 0 Å². The third-order valence-electron chi connectivity index (χ3n) is 2.40. The molecule has 0 radical (unpaired) electrons. The number of benzene rings is 1. The summed E-state index contributed by atoms with van der Waals surface area (Å²) in [4.78, 5) is 10.7. The van der Waals surface area contributed by atoms with E-state index in [1.165, 1.54) is 0 Å². The van der Waals surface area contributed by atoms with Gasteiger partial charge in [0.2, 0.25) is 0 Å². The van der Waals surface area contributed by atoms with Crippen LogP contribution in [0.2, 0.25) is 0 Å². The number of fused-ring (bicyclic) bond motifs is 1. The molecule has 0 atom stereocenters. The van der Waals surface area contributed by atoms with Crippen LogP contribution in [0.3, 0.4) is 0 Å². The fourth-order valence-corrected chi connectivity index (χ4v) is 2.19. The Bertz CT molecular complexity index is 571. The van der Waals surface area contributed by atoms with Gasteiger partial charge in [0.1, 0.15) is 0 Å². The van der Waals surface area contributed by atoms with Gasteiger partial charge in [-0.05, 0) is 22.0 Å². The fraction of sp³-hybridized carbons (Fsp3) is 0.0833. The van der Waals surface area contributed by atoms with Crippen molar-refractivity contribution in [3.8, 4) is 0 Å². The van der Waals surface area contributed by atoms with Crippen molar-refractivity contribution in [3.05, 3.63) is 47.1 Å². The molecule has 0 aliphatic heterocycles. The number of para-hydroxylation sites is 1. The van der Waals surface area contributed by atoms with Crippen molar-refractivity contribution in [3.63, 3.8) is 0 Å². The number of carboxylic acids is 1. The van der Waals surface area contributed by atoms with Gasteiger partial charge in [0.15, 0.2) is 0 Å². The molecule has 0 bridgehead atoms. The summed E-state index contributed by atoms with van der Waals surface area (Å²) in [6, 6.07) is 7.81. The average Bonchev–Trinajstić information content (AvgIpc) is 2.57. The van der Waals surface area contributed by atoms with Gasteiger partial charge in [-0.25, -0.2) is 4.79 Å². The first-order valence-electron chi connectivity index (χ1n) is 4.74. The van der Waals surface area contributed by atoms with Crippen LogP contribution in [0.1, 0.15) is 0 Å². The van der Waals surface area contributed by atoms with Crippen LogP contribution in [0, 0.1) is 0 Å². The van der Waals surface area contributed by atoms with Gasteiger partial charge in [-0.2, -0.15) is 0 Å². The first-order valence-corrected chi connectivity index (χ1v) is 5.53. The summed E-state index contributed by atoms with van der Waals surface area (Å²) >= 11 is 3.45. The number of hydrogen-bond acceptors (Lipinski definition) is 1. The molecule has 0 spiro atoms. The van der Waals surface area contributed by atoms with E-state index in [4.69, 9.17) is 5.11 Å². The predicted octanol–water partition coefficient (Wildman–Crippen LogP) is 3.04. The quantitative estimate of drug-likeness (QED) is 0.878. The molecule has 0 unspecified atom stereocenters. The Morgan fingerprint density at radius 2 is 2.12 bits per heavy atom. The van der Waals surface area contributed by atoms with Crippen molar-refractivity contribution in [2.24, 2.45) is 0 Å². The van der Waals surface area contributed by atoms with Crippen LogP contribution in [0.5, 0.6) is 0 Å². The van der Waals surface area contributed by atoms with Gasteiger partial charge in [0.25, 0.3) is 0 Å². The zero-order valence-electron chi connectivity index (χ0n) is 8.48. The van der Waals surface area contributed by atoms with E-state index < -0.39 is 5.97 Å². The maximum absolute atomic E-state index is 10.7. The molecule has 2 aromatic rings. The number of halogens is 1. The Balaban J connectivity index is 2.46. The minimum Gasteiger partial charge on any atom is -0.478 e. The lowest BCUT2D eigenvalue weighted by Crippen LogP contribution is -2.07. The Labute approximate surface area is 101 Å². The topological polar surface area (TPSA) is 42.2 Å². The van der Waals surface area contributed by atoms with Crippen LogP contribution >= 0.6 is 15.9 Å². The number of nitrogens with zero attached hydrogens (tertiary/aromatic N) is 1. The second-order valence-electron chi connectivity index (χ2n) is 3.53. The molecule has 1 aromatic heterocycles. The molecule has 0 fully saturated rings. The number of hydrogen-bond donors (Lipinski definition) is 1. The smallest absolute Gasteiger partial charge is 0.332 e. The fourth-order valence-electron chi connectivity index (χ4n) is 1.61. The van der Waals surface area contributed by atoms with Gasteiger partial charge in [-0.15, -0.1) is 0 Å². The van der Waals surface area contributed by atoms with Crippen molar-refractivity contribution in [1.82, 2.24) is 4.57 Å². The molecule has 1 N–H and O–H groups in total. The normalized spacial score (nSPS) is 10.6. The lowest BCUT2D eigenvalue weighted by molar-refractivity contribution is -0.132. The number of carbonyl (C=O) groups is 1. The zero-order chi connectivity index (χ0) is 11.7. The molecule has 0 amide bonds. The molecular formula is C12H10BrNO2. The molecule has 4 heteroatoms. The van der Waals surface area contributed by atoms with E-state index in [-0.39, 0.29) is 5.57 Å². The molecule has 1 heterocycles. The van der Waals surface area contributed by atoms with Crippen molar-refractivity contribution in [1.29, 1.82) is 0 Å². The summed E-state index contributed by atoms with van der Waals surface area (Å²) in [5.74, 6) is -0.964. The highest BCUT2D eigenvalue weighted by molar-refractivity contribution is 9.10. The van der Waals surface area contributed by atoms with Crippen LogP contribution in [0.4, 0.5) is 0 Å². The first-order chi connectivity index (χ1) is 7.59. The van der Waals surface area contributed by atoms with Crippen molar-refractivity contribution >= 4 is 32.8 Å². The second kappa shape index (κ2) is 4.14. The second-order valence-corrected chi connectivity index (χ2v) is 4.39. The van der Waals surface area contributed by atoms with Crippen molar-refractivity contribution in [2.45, 2.75) is 6.54 Å². The summed E-state index contributed by atoms with van der Waals surface area (Å²) in [7, 11) is 0. The largest absolute Gasteiger partial charge is 0.478 e. The van der Waals surface area contributed by atoms with E-state index in [1.54, 1.807) is 0 Å². The van der Waals surface area contributed by atoms with Crippen LogP contribution in [0.25, 0.3) is 10.9 Å². The van der Waals surface area contributed by atoms with E-state index >= 15 is 0 Å². The van der Waals surface area contributed by atoms with E-state index in [0.29, 0.717) is 6.54 Å². The number of aromatic nitrogens is 1. The summed E-state index contributed by atoms with van der Waals surface area (Å²) in [5, 5.41) is 9.87. The monoisotopic (exact) mass is 279 g/mol. The highest BCUT2D eigenvalue weighted by Gasteiger charge is 2.09. The summed E-state index contributed by atoms with van der Waals surface area (Å²) < 4.78 is 2.83. The van der Waals surface area contributed by atoms with Crippen molar-refractivity contribution in [2.75, 3.05) is 0 Å². The van der Waals surface area contributed by atoms with E-state index in [0.717, 1.165) is 15.4 Å². The number of carboxylic acid groups (broad SMARTS) is 1. The number of rotatable bonds is 3. The minimum absolute atomic E-state index is 0.174. The van der Waals surface area contributed by atoms with Crippen LogP contribution in [-0.4, -0.2) is 15.6 Å². The van der Waals surface area contributed by atoms with Crippen LogP contribution in [-0.2, 0) is 11.3 Å². The lowest BCUT2D eigenvalue weighted by atomic mass is 10.2. The van der Waals surface area contributed by atoms with Gasteiger partial charge in [0.05, 0.1) is 6.54 Å². The number of aliphatic carboxylic acids is 1. The Kier molecular flexibility index (Phi) is 2.83. The average molecular weight is 280 g/mol. The molecule has 0 aliphatic rings. The SMILES string of the molecule is C=C(Cn1cc(Br)c2ccccc21)C(=O)O. The van der Waals surface area contributed by atoms with E-state index in [2.05, 4.69) is 22.5 Å². The third-order valence-corrected chi connectivity index (χ3v) is 3.04. The van der Waals surface area contributed by atoms with Gasteiger partial charge >= 0.3 is 5.97 Å². The highest BCUT2D eigenvalue weighted by Crippen LogP contribution is 2.26. The summed E-state index contributed by atoms with van der Waals surface area (Å²) in [6.07, 6.45) is 1.87. The van der Waals surface area contributed by atoms with Crippen LogP contribution in [0.15, 0.2) is 47.1 Å². The van der Waals surface area contributed by atoms with Gasteiger partial charge in [-0.1, -0.05) is 24.8 Å². The molecular weight excluding hydrogens is 270 g/mol. The molecule has 82 valence electrons. The Morgan fingerprint density at radius 3 is 2.81 bits per heavy atom. The molecule has 1 aromatic carbocycles. The Morgan fingerprint density at radius 1 is 1.44 bits per heavy atom. The highest BCUT2D eigenvalue weighted by atomic mass is 79.9. The zero-order valence-corrected chi connectivity index (χ0v) is 10.1. The first kappa shape index (κ1) is 11.0. The molecule has 3 nitrogen and oxygen atoms in total. The summed E-state index contributed by atoms with van der Waals surface area (Å²) in [6.45, 7) is 3.82. The third kappa shape index (κ3) is 1.88. The molecule has 2 rings (SSSR count). The molecule has 16 heavy (non-hydrogen) atoms. The lowest BCUT2D eigenvalue weighted by Gasteiger charge is -2.04. The maximum atomic E-state index is 10.7. The van der Waals surface area contributed by atoms with E-state index in [1.807, 2.05) is 35.0 Å². The predicted molar refractivity (Wildman–Crippen MR) is 66.4 cm³/mol. The molecule has 0 saturated carbocycles. The summed E-state index contributed by atoms with van der Waals surface area (Å²) in [5.41, 5.74) is 1.17. The van der Waals surface area contributed by atoms with Gasteiger partial charge in [0, 0.05) is 27.1 Å². The Hall–Kier alpha value is -1.55.